The van der Waals surface area contributed by atoms with Crippen LogP contribution >= 0.6 is 0 Å². The van der Waals surface area contributed by atoms with E-state index in [2.05, 4.69) is 10.3 Å². The third-order valence-corrected chi connectivity index (χ3v) is 2.07. The fraction of sp³-hybridized carbons (Fsp3) is 0.545. The number of pyridine rings is 1. The predicted molar refractivity (Wildman–Crippen MR) is 58.8 cm³/mol. The molecule has 3 nitrogen and oxygen atoms in total. The van der Waals surface area contributed by atoms with Gasteiger partial charge >= 0.3 is 6.18 Å². The molecule has 0 radical (unpaired) electrons. The van der Waals surface area contributed by atoms with E-state index in [0.717, 1.165) is 18.7 Å². The zero-order valence-electron chi connectivity index (χ0n) is 9.55. The van der Waals surface area contributed by atoms with E-state index in [1.54, 1.807) is 0 Å². The molecular weight excluding hydrogens is 233 g/mol. The van der Waals surface area contributed by atoms with Gasteiger partial charge in [-0.3, -0.25) is 0 Å². The molecule has 1 aromatic rings. The summed E-state index contributed by atoms with van der Waals surface area (Å²) in [6.45, 7) is 3.83. The van der Waals surface area contributed by atoms with Crippen LogP contribution in [-0.2, 0) is 10.9 Å². The molecular formula is C11H15F3N2O. The number of halogens is 3. The van der Waals surface area contributed by atoms with Crippen LogP contribution in [0.25, 0.3) is 0 Å². The highest BCUT2D eigenvalue weighted by Gasteiger charge is 2.30. The molecule has 0 saturated heterocycles. The molecule has 0 fully saturated rings. The standard InChI is InChI=1S/C11H15F3N2O/c1-2-17-7-3-6-15-10-5-4-9(8-16-10)11(12,13)14/h4-5,8H,2-3,6-7H2,1H3,(H,15,16). The molecule has 0 spiro atoms. The second-order valence-electron chi connectivity index (χ2n) is 3.41. The molecule has 0 unspecified atom stereocenters. The Morgan fingerprint density at radius 3 is 2.65 bits per heavy atom. The summed E-state index contributed by atoms with van der Waals surface area (Å²) in [6, 6.07) is 2.33. The van der Waals surface area contributed by atoms with Gasteiger partial charge < -0.3 is 10.1 Å². The van der Waals surface area contributed by atoms with Crippen LogP contribution in [0.2, 0.25) is 0 Å². The van der Waals surface area contributed by atoms with Crippen molar-refractivity contribution in [1.29, 1.82) is 0 Å². The van der Waals surface area contributed by atoms with Crippen LogP contribution in [0.5, 0.6) is 0 Å². The quantitative estimate of drug-likeness (QED) is 0.786. The summed E-state index contributed by atoms with van der Waals surface area (Å²) in [5, 5.41) is 2.92. The van der Waals surface area contributed by atoms with E-state index in [9.17, 15) is 13.2 Å². The van der Waals surface area contributed by atoms with E-state index in [0.29, 0.717) is 25.6 Å². The Kier molecular flexibility index (Phi) is 5.21. The molecule has 1 N–H and O–H groups in total. The van der Waals surface area contributed by atoms with Crippen molar-refractivity contribution in [3.8, 4) is 0 Å². The van der Waals surface area contributed by atoms with E-state index in [4.69, 9.17) is 4.74 Å². The van der Waals surface area contributed by atoms with Gasteiger partial charge in [-0.25, -0.2) is 4.98 Å². The smallest absolute Gasteiger partial charge is 0.382 e. The highest BCUT2D eigenvalue weighted by molar-refractivity contribution is 5.35. The Balaban J connectivity index is 2.36. The van der Waals surface area contributed by atoms with Crippen molar-refractivity contribution in [3.05, 3.63) is 23.9 Å². The Morgan fingerprint density at radius 2 is 2.12 bits per heavy atom. The zero-order valence-corrected chi connectivity index (χ0v) is 9.55. The molecule has 17 heavy (non-hydrogen) atoms. The van der Waals surface area contributed by atoms with Gasteiger partial charge in [-0.2, -0.15) is 13.2 Å². The van der Waals surface area contributed by atoms with Crippen molar-refractivity contribution in [1.82, 2.24) is 4.98 Å². The molecule has 0 amide bonds. The maximum absolute atomic E-state index is 12.2. The second kappa shape index (κ2) is 6.44. The van der Waals surface area contributed by atoms with Crippen molar-refractivity contribution in [2.24, 2.45) is 0 Å². The fourth-order valence-electron chi connectivity index (χ4n) is 1.20. The molecule has 0 aliphatic heterocycles. The lowest BCUT2D eigenvalue weighted by atomic mass is 10.3. The molecule has 1 aromatic heterocycles. The number of ether oxygens (including phenoxy) is 1. The van der Waals surface area contributed by atoms with Crippen molar-refractivity contribution in [3.63, 3.8) is 0 Å². The molecule has 0 atom stereocenters. The van der Waals surface area contributed by atoms with Gasteiger partial charge in [0, 0.05) is 26.0 Å². The van der Waals surface area contributed by atoms with E-state index >= 15 is 0 Å². The number of rotatable bonds is 6. The number of aromatic nitrogens is 1. The molecule has 1 rings (SSSR count). The molecule has 0 bridgehead atoms. The molecule has 0 aromatic carbocycles. The maximum Gasteiger partial charge on any atom is 0.417 e. The zero-order chi connectivity index (χ0) is 12.7. The van der Waals surface area contributed by atoms with Crippen molar-refractivity contribution in [2.75, 3.05) is 25.1 Å². The first-order valence-electron chi connectivity index (χ1n) is 5.39. The highest BCUT2D eigenvalue weighted by Crippen LogP contribution is 2.28. The molecule has 6 heteroatoms. The van der Waals surface area contributed by atoms with Gasteiger partial charge in [-0.1, -0.05) is 0 Å². The van der Waals surface area contributed by atoms with Gasteiger partial charge in [0.2, 0.25) is 0 Å². The Labute approximate surface area is 98.0 Å². The van der Waals surface area contributed by atoms with Crippen LogP contribution < -0.4 is 5.32 Å². The van der Waals surface area contributed by atoms with Gasteiger partial charge in [-0.05, 0) is 25.5 Å². The normalized spacial score (nSPS) is 11.5. The highest BCUT2D eigenvalue weighted by atomic mass is 19.4. The van der Waals surface area contributed by atoms with Crippen LogP contribution in [0.4, 0.5) is 19.0 Å². The third kappa shape index (κ3) is 5.04. The lowest BCUT2D eigenvalue weighted by molar-refractivity contribution is -0.137. The van der Waals surface area contributed by atoms with Gasteiger partial charge in [0.05, 0.1) is 5.56 Å². The molecule has 0 aliphatic rings. The van der Waals surface area contributed by atoms with Crippen LogP contribution in [0, 0.1) is 0 Å². The average Bonchev–Trinajstić information content (AvgIpc) is 2.28. The number of nitrogens with one attached hydrogen (secondary N) is 1. The Hall–Kier alpha value is -1.30. The van der Waals surface area contributed by atoms with Crippen molar-refractivity contribution in [2.45, 2.75) is 19.5 Å². The first kappa shape index (κ1) is 13.8. The van der Waals surface area contributed by atoms with E-state index in [1.807, 2.05) is 6.92 Å². The largest absolute Gasteiger partial charge is 0.417 e. The van der Waals surface area contributed by atoms with E-state index < -0.39 is 11.7 Å². The van der Waals surface area contributed by atoms with Gasteiger partial charge in [-0.15, -0.1) is 0 Å². The lowest BCUT2D eigenvalue weighted by Gasteiger charge is -2.08. The number of hydrogen-bond acceptors (Lipinski definition) is 3. The summed E-state index contributed by atoms with van der Waals surface area (Å²) < 4.78 is 41.8. The minimum atomic E-state index is -4.33. The summed E-state index contributed by atoms with van der Waals surface area (Å²) in [5.41, 5.74) is -0.739. The summed E-state index contributed by atoms with van der Waals surface area (Å²) in [5.74, 6) is 0.439. The predicted octanol–water partition coefficient (Wildman–Crippen LogP) is 2.94. The van der Waals surface area contributed by atoms with E-state index in [1.165, 1.54) is 6.07 Å². The summed E-state index contributed by atoms with van der Waals surface area (Å²) in [4.78, 5) is 3.69. The number of nitrogens with zero attached hydrogens (tertiary/aromatic N) is 1. The third-order valence-electron chi connectivity index (χ3n) is 2.07. The number of hydrogen-bond donors (Lipinski definition) is 1. The topological polar surface area (TPSA) is 34.1 Å². The lowest BCUT2D eigenvalue weighted by Crippen LogP contribution is -2.09. The monoisotopic (exact) mass is 248 g/mol. The molecule has 0 saturated carbocycles. The van der Waals surface area contributed by atoms with Crippen LogP contribution in [0.15, 0.2) is 18.3 Å². The maximum atomic E-state index is 12.2. The van der Waals surface area contributed by atoms with Gasteiger partial charge in [0.15, 0.2) is 0 Å². The molecule has 0 aliphatic carbocycles. The van der Waals surface area contributed by atoms with Crippen LogP contribution in [0.3, 0.4) is 0 Å². The Morgan fingerprint density at radius 1 is 1.35 bits per heavy atom. The van der Waals surface area contributed by atoms with Gasteiger partial charge in [0.25, 0.3) is 0 Å². The minimum absolute atomic E-state index is 0.439. The first-order chi connectivity index (χ1) is 8.04. The summed E-state index contributed by atoms with van der Waals surface area (Å²) in [6.07, 6.45) is -2.72. The molecule has 96 valence electrons. The summed E-state index contributed by atoms with van der Waals surface area (Å²) >= 11 is 0. The van der Waals surface area contributed by atoms with Crippen molar-refractivity contribution >= 4 is 5.82 Å². The van der Waals surface area contributed by atoms with Crippen molar-refractivity contribution < 1.29 is 17.9 Å². The van der Waals surface area contributed by atoms with E-state index in [-0.39, 0.29) is 0 Å². The minimum Gasteiger partial charge on any atom is -0.382 e. The van der Waals surface area contributed by atoms with Crippen LogP contribution in [0.1, 0.15) is 18.9 Å². The first-order valence-corrected chi connectivity index (χ1v) is 5.39. The summed E-state index contributed by atoms with van der Waals surface area (Å²) in [7, 11) is 0. The average molecular weight is 248 g/mol. The number of anilines is 1. The SMILES string of the molecule is CCOCCCNc1ccc(C(F)(F)F)cn1. The van der Waals surface area contributed by atoms with Gasteiger partial charge in [0.1, 0.15) is 5.82 Å². The Bertz CT molecular complexity index is 324. The second-order valence-corrected chi connectivity index (χ2v) is 3.41. The number of alkyl halides is 3. The fourth-order valence-corrected chi connectivity index (χ4v) is 1.20. The molecule has 1 heterocycles. The van der Waals surface area contributed by atoms with Crippen LogP contribution in [-0.4, -0.2) is 24.7 Å².